The molecule has 36 heavy (non-hydrogen) atoms. The minimum atomic E-state index is -0.542. The molecule has 0 spiro atoms. The van der Waals surface area contributed by atoms with Crippen molar-refractivity contribution in [1.29, 1.82) is 0 Å². The number of methoxy groups -OCH3 is 2. The van der Waals surface area contributed by atoms with Gasteiger partial charge in [-0.3, -0.25) is 4.79 Å². The zero-order chi connectivity index (χ0) is 25.2. The second-order valence-corrected chi connectivity index (χ2v) is 9.44. The van der Waals surface area contributed by atoms with Crippen molar-refractivity contribution in [3.05, 3.63) is 71.3 Å². The number of carbonyl (C=O) groups excluding carboxylic acids is 2. The molecule has 2 heterocycles. The Balaban J connectivity index is 1.50. The fraction of sp³-hybridized carbons (Fsp3) is 0.393. The Labute approximate surface area is 209 Å². The highest BCUT2D eigenvalue weighted by Gasteiger charge is 2.33. The summed E-state index contributed by atoms with van der Waals surface area (Å²) in [7, 11) is 2.98. The molecule has 1 saturated carbocycles. The summed E-state index contributed by atoms with van der Waals surface area (Å²) in [6.07, 6.45) is 6.27. The van der Waals surface area contributed by atoms with Crippen molar-refractivity contribution in [1.82, 2.24) is 14.7 Å². The van der Waals surface area contributed by atoms with Crippen LogP contribution in [0.25, 0.3) is 16.8 Å². The first-order chi connectivity index (χ1) is 17.5. The van der Waals surface area contributed by atoms with Crippen molar-refractivity contribution in [2.45, 2.75) is 44.1 Å². The average Bonchev–Trinajstić information content (AvgIpc) is 3.66. The normalized spacial score (nSPS) is 17.8. The molecule has 1 atom stereocenters. The molecule has 2 aromatic carbocycles. The van der Waals surface area contributed by atoms with E-state index in [4.69, 9.17) is 9.47 Å². The predicted molar refractivity (Wildman–Crippen MR) is 133 cm³/mol. The summed E-state index contributed by atoms with van der Waals surface area (Å²) in [5.74, 6) is -1.02. The molecule has 0 bridgehead atoms. The second kappa shape index (κ2) is 10.2. The monoisotopic (exact) mass is 491 g/mol. The zero-order valence-corrected chi connectivity index (χ0v) is 20.6. The van der Waals surface area contributed by atoms with Crippen molar-refractivity contribution in [3.8, 4) is 16.8 Å². The van der Waals surface area contributed by atoms with Crippen LogP contribution in [0.15, 0.2) is 48.7 Å². The Morgan fingerprint density at radius 2 is 1.86 bits per heavy atom. The van der Waals surface area contributed by atoms with Crippen LogP contribution in [0.2, 0.25) is 0 Å². The van der Waals surface area contributed by atoms with Crippen LogP contribution >= 0.6 is 0 Å². The quantitative estimate of drug-likeness (QED) is 0.436. The molecular formula is C28H30FN3O4. The van der Waals surface area contributed by atoms with Crippen molar-refractivity contribution in [3.63, 3.8) is 0 Å². The van der Waals surface area contributed by atoms with Gasteiger partial charge in [-0.25, -0.2) is 13.9 Å². The number of aromatic nitrogens is 2. The fourth-order valence-corrected chi connectivity index (χ4v) is 5.09. The van der Waals surface area contributed by atoms with Crippen LogP contribution in [-0.2, 0) is 9.47 Å². The fourth-order valence-electron chi connectivity index (χ4n) is 5.09. The minimum Gasteiger partial charge on any atom is -0.465 e. The molecule has 1 aromatic heterocycles. The van der Waals surface area contributed by atoms with E-state index in [1.807, 2.05) is 24.3 Å². The number of nitrogens with zero attached hydrogens (tertiary/aromatic N) is 3. The molecular weight excluding hydrogens is 461 g/mol. The van der Waals surface area contributed by atoms with Gasteiger partial charge in [0.15, 0.2) is 0 Å². The maximum atomic E-state index is 15.8. The van der Waals surface area contributed by atoms with Gasteiger partial charge in [-0.1, -0.05) is 24.3 Å². The lowest BCUT2D eigenvalue weighted by molar-refractivity contribution is 0.0424. The second-order valence-electron chi connectivity index (χ2n) is 9.44. The topological polar surface area (TPSA) is 73.7 Å². The lowest BCUT2D eigenvalue weighted by Crippen LogP contribution is -2.46. The molecule has 7 nitrogen and oxygen atoms in total. The Hall–Kier alpha value is -3.52. The molecule has 3 aromatic rings. The third-order valence-electron chi connectivity index (χ3n) is 7.05. The summed E-state index contributed by atoms with van der Waals surface area (Å²) in [4.78, 5) is 27.4. The number of amides is 1. The maximum Gasteiger partial charge on any atom is 0.341 e. The number of hydrogen-bond donors (Lipinski definition) is 0. The van der Waals surface area contributed by atoms with Gasteiger partial charge < -0.3 is 14.4 Å². The molecule has 1 aliphatic heterocycles. The molecule has 188 valence electrons. The lowest BCUT2D eigenvalue weighted by atomic mass is 9.98. The number of carbonyl (C=O) groups is 2. The molecule has 8 heteroatoms. The molecule has 1 amide bonds. The third kappa shape index (κ3) is 4.53. The molecule has 2 aliphatic rings. The van der Waals surface area contributed by atoms with Gasteiger partial charge >= 0.3 is 5.97 Å². The highest BCUT2D eigenvalue weighted by atomic mass is 19.1. The number of likely N-dealkylation sites (tertiary alicyclic amines) is 1. The SMILES string of the molecule is COCC1CCCCN1C(=O)c1cccc(-c2cccc(-n3ncc(C(=O)OC)c3C3CC3)c2)c1F. The molecule has 0 N–H and O–H groups in total. The average molecular weight is 492 g/mol. The Morgan fingerprint density at radius 1 is 1.06 bits per heavy atom. The summed E-state index contributed by atoms with van der Waals surface area (Å²) < 4.78 is 27.8. The summed E-state index contributed by atoms with van der Waals surface area (Å²) in [5, 5.41) is 4.46. The van der Waals surface area contributed by atoms with E-state index in [2.05, 4.69) is 5.10 Å². The van der Waals surface area contributed by atoms with E-state index in [0.29, 0.717) is 29.8 Å². The van der Waals surface area contributed by atoms with Crippen LogP contribution in [0.3, 0.4) is 0 Å². The number of benzene rings is 2. The number of halogens is 1. The van der Waals surface area contributed by atoms with E-state index in [9.17, 15) is 9.59 Å². The Kier molecular flexibility index (Phi) is 6.87. The third-order valence-corrected chi connectivity index (χ3v) is 7.05. The number of hydrogen-bond acceptors (Lipinski definition) is 5. The van der Waals surface area contributed by atoms with Crippen LogP contribution in [0.5, 0.6) is 0 Å². The van der Waals surface area contributed by atoms with E-state index in [1.165, 1.54) is 13.3 Å². The van der Waals surface area contributed by atoms with Crippen molar-refractivity contribution in [2.75, 3.05) is 27.4 Å². The van der Waals surface area contributed by atoms with Crippen molar-refractivity contribution >= 4 is 11.9 Å². The smallest absolute Gasteiger partial charge is 0.341 e. The largest absolute Gasteiger partial charge is 0.465 e. The van der Waals surface area contributed by atoms with Gasteiger partial charge in [-0.15, -0.1) is 0 Å². The minimum absolute atomic E-state index is 0.0488. The lowest BCUT2D eigenvalue weighted by Gasteiger charge is -2.35. The van der Waals surface area contributed by atoms with Crippen LogP contribution in [-0.4, -0.2) is 60.0 Å². The highest BCUT2D eigenvalue weighted by molar-refractivity contribution is 5.96. The first kappa shape index (κ1) is 24.2. The molecule has 1 aliphatic carbocycles. The summed E-state index contributed by atoms with van der Waals surface area (Å²) in [5.41, 5.74) is 3.03. The highest BCUT2D eigenvalue weighted by Crippen LogP contribution is 2.43. The van der Waals surface area contributed by atoms with Crippen molar-refractivity contribution < 1.29 is 23.5 Å². The van der Waals surface area contributed by atoms with Crippen LogP contribution < -0.4 is 0 Å². The van der Waals surface area contributed by atoms with Crippen molar-refractivity contribution in [2.24, 2.45) is 0 Å². The molecule has 2 fully saturated rings. The van der Waals surface area contributed by atoms with Crippen LogP contribution in [0, 0.1) is 5.82 Å². The summed E-state index contributed by atoms with van der Waals surface area (Å²) >= 11 is 0. The van der Waals surface area contributed by atoms with E-state index in [0.717, 1.165) is 43.5 Å². The number of piperidine rings is 1. The Morgan fingerprint density at radius 3 is 2.61 bits per heavy atom. The van der Waals surface area contributed by atoms with Crippen LogP contribution in [0.1, 0.15) is 64.4 Å². The van der Waals surface area contributed by atoms with Gasteiger partial charge in [0.2, 0.25) is 0 Å². The number of esters is 1. The van der Waals surface area contributed by atoms with E-state index >= 15 is 4.39 Å². The van der Waals surface area contributed by atoms with E-state index < -0.39 is 11.8 Å². The molecule has 5 rings (SSSR count). The first-order valence-electron chi connectivity index (χ1n) is 12.4. The van der Waals surface area contributed by atoms with Gasteiger partial charge in [0, 0.05) is 25.1 Å². The first-order valence-corrected chi connectivity index (χ1v) is 12.4. The number of rotatable bonds is 7. The van der Waals surface area contributed by atoms with Gasteiger partial charge in [0.05, 0.1) is 42.9 Å². The Bertz CT molecular complexity index is 1280. The van der Waals surface area contributed by atoms with Gasteiger partial charge in [-0.05, 0) is 55.9 Å². The summed E-state index contributed by atoms with van der Waals surface area (Å²) in [6.45, 7) is 1.04. The number of ether oxygens (including phenoxy) is 2. The van der Waals surface area contributed by atoms with E-state index in [-0.39, 0.29) is 23.4 Å². The maximum absolute atomic E-state index is 15.8. The zero-order valence-electron chi connectivity index (χ0n) is 20.6. The standard InChI is InChI=1S/C28H30FN3O4/c1-35-17-21-8-3-4-14-31(21)27(33)23-11-6-10-22(25(23)29)19-7-5-9-20(15-19)32-26(18-12-13-18)24(16-30-32)28(34)36-2/h5-7,9-11,15-16,18,21H,3-4,8,12-14,17H2,1-2H3. The van der Waals surface area contributed by atoms with Gasteiger partial charge in [-0.2, -0.15) is 5.10 Å². The molecule has 1 unspecified atom stereocenters. The summed E-state index contributed by atoms with van der Waals surface area (Å²) in [6, 6.07) is 12.2. The van der Waals surface area contributed by atoms with E-state index in [1.54, 1.807) is 34.9 Å². The predicted octanol–water partition coefficient (Wildman–Crippen LogP) is 4.98. The van der Waals surface area contributed by atoms with Crippen LogP contribution in [0.4, 0.5) is 4.39 Å². The van der Waals surface area contributed by atoms with Gasteiger partial charge in [0.25, 0.3) is 5.91 Å². The molecule has 0 radical (unpaired) electrons. The molecule has 1 saturated heterocycles. The van der Waals surface area contributed by atoms with Gasteiger partial charge in [0.1, 0.15) is 11.4 Å².